The molecule has 0 fully saturated rings. The molecule has 0 aliphatic carbocycles. The van der Waals surface area contributed by atoms with E-state index in [-0.39, 0.29) is 40.0 Å². The van der Waals surface area contributed by atoms with Crippen LogP contribution < -0.4 is 21.7 Å². The van der Waals surface area contributed by atoms with E-state index >= 15 is 0 Å². The van der Waals surface area contributed by atoms with Crippen molar-refractivity contribution in [3.8, 4) is 5.75 Å². The Morgan fingerprint density at radius 1 is 1.50 bits per heavy atom. The van der Waals surface area contributed by atoms with E-state index in [0.29, 0.717) is 0 Å². The maximum Gasteiger partial charge on any atom is 2.00 e. The van der Waals surface area contributed by atoms with Crippen molar-refractivity contribution in [3.05, 3.63) is 30.3 Å². The summed E-state index contributed by atoms with van der Waals surface area (Å²) in [5.74, 6) is 0.907. The average molecular weight is 239 g/mol. The summed E-state index contributed by atoms with van der Waals surface area (Å²) in [6.07, 6.45) is 1.05. The molecule has 1 rings (SSSR count). The van der Waals surface area contributed by atoms with Gasteiger partial charge in [0, 0.05) is 5.75 Å². The van der Waals surface area contributed by atoms with E-state index in [2.05, 4.69) is 13.0 Å². The SMILES string of the molecule is CCCOc1c[c-]ccc1.[Br-].[Mg+2]. The number of hydrogen-bond donors (Lipinski definition) is 0. The Balaban J connectivity index is 0. The number of ether oxygens (including phenoxy) is 1. The van der Waals surface area contributed by atoms with E-state index in [1.165, 1.54) is 0 Å². The summed E-state index contributed by atoms with van der Waals surface area (Å²) in [5, 5.41) is 0. The summed E-state index contributed by atoms with van der Waals surface area (Å²) in [5.41, 5.74) is 0. The molecule has 0 aliphatic heterocycles. The van der Waals surface area contributed by atoms with Gasteiger partial charge in [0.25, 0.3) is 0 Å². The topological polar surface area (TPSA) is 9.23 Å². The Kier molecular flexibility index (Phi) is 11.5. The molecule has 0 aromatic heterocycles. The van der Waals surface area contributed by atoms with E-state index in [9.17, 15) is 0 Å². The third kappa shape index (κ3) is 5.86. The Hall–Kier alpha value is 0.266. The van der Waals surface area contributed by atoms with Gasteiger partial charge in [-0.05, 0) is 6.42 Å². The summed E-state index contributed by atoms with van der Waals surface area (Å²) < 4.78 is 5.32. The van der Waals surface area contributed by atoms with Gasteiger partial charge in [-0.3, -0.25) is 0 Å². The number of hydrogen-bond acceptors (Lipinski definition) is 1. The van der Waals surface area contributed by atoms with Crippen molar-refractivity contribution in [2.24, 2.45) is 0 Å². The Labute approximate surface area is 100 Å². The molecule has 0 amide bonds. The quantitative estimate of drug-likeness (QED) is 0.481. The second kappa shape index (κ2) is 9.35. The summed E-state index contributed by atoms with van der Waals surface area (Å²) in [6, 6.07) is 10.5. The van der Waals surface area contributed by atoms with Crippen LogP contribution in [-0.2, 0) is 0 Å². The van der Waals surface area contributed by atoms with E-state index in [1.54, 1.807) is 0 Å². The summed E-state index contributed by atoms with van der Waals surface area (Å²) >= 11 is 0. The van der Waals surface area contributed by atoms with Crippen LogP contribution in [-0.4, -0.2) is 29.7 Å². The predicted octanol–water partition coefficient (Wildman–Crippen LogP) is -1.10. The Morgan fingerprint density at radius 2 is 2.25 bits per heavy atom. The van der Waals surface area contributed by atoms with Gasteiger partial charge in [-0.25, -0.2) is 0 Å². The zero-order valence-corrected chi connectivity index (χ0v) is 10.2. The molecule has 0 spiro atoms. The number of benzene rings is 1. The summed E-state index contributed by atoms with van der Waals surface area (Å²) in [7, 11) is 0. The van der Waals surface area contributed by atoms with Crippen LogP contribution >= 0.6 is 0 Å². The van der Waals surface area contributed by atoms with Gasteiger partial charge in [-0.15, -0.1) is 12.1 Å². The molecule has 3 heteroatoms. The molecule has 0 heterocycles. The zero-order valence-electron chi connectivity index (χ0n) is 7.22. The molecule has 0 unspecified atom stereocenters. The number of rotatable bonds is 3. The van der Waals surface area contributed by atoms with Crippen molar-refractivity contribution in [1.29, 1.82) is 0 Å². The van der Waals surface area contributed by atoms with Gasteiger partial charge in [-0.2, -0.15) is 18.2 Å². The van der Waals surface area contributed by atoms with Gasteiger partial charge in [-0.1, -0.05) is 6.92 Å². The normalized spacial score (nSPS) is 7.75. The van der Waals surface area contributed by atoms with Crippen LogP contribution in [0, 0.1) is 6.07 Å². The molecule has 12 heavy (non-hydrogen) atoms. The van der Waals surface area contributed by atoms with Gasteiger partial charge in [0.05, 0.1) is 6.61 Å². The fourth-order valence-electron chi connectivity index (χ4n) is 0.687. The van der Waals surface area contributed by atoms with E-state index in [1.807, 2.05) is 24.3 Å². The standard InChI is InChI=1S/C9H11O.BrH.Mg/c1-2-8-10-9-6-4-3-5-7-9;;/h3-4,6-7H,2,8H2,1H3;1H;/q-1;;+2/p-1. The van der Waals surface area contributed by atoms with E-state index in [4.69, 9.17) is 4.74 Å². The molecule has 0 aliphatic rings. The van der Waals surface area contributed by atoms with Gasteiger partial charge in [0.15, 0.2) is 0 Å². The van der Waals surface area contributed by atoms with Crippen LogP contribution in [0.3, 0.4) is 0 Å². The Morgan fingerprint density at radius 3 is 2.75 bits per heavy atom. The van der Waals surface area contributed by atoms with Gasteiger partial charge < -0.3 is 21.7 Å². The van der Waals surface area contributed by atoms with E-state index < -0.39 is 0 Å². The third-order valence-corrected chi connectivity index (χ3v) is 1.15. The van der Waals surface area contributed by atoms with E-state index in [0.717, 1.165) is 18.8 Å². The van der Waals surface area contributed by atoms with Crippen molar-refractivity contribution < 1.29 is 21.7 Å². The maximum atomic E-state index is 5.32. The molecule has 1 aromatic rings. The molecule has 1 aromatic carbocycles. The molecule has 0 N–H and O–H groups in total. The molecule has 62 valence electrons. The first-order valence-electron chi connectivity index (χ1n) is 3.52. The van der Waals surface area contributed by atoms with Gasteiger partial charge in [0.2, 0.25) is 0 Å². The summed E-state index contributed by atoms with van der Waals surface area (Å²) in [6.45, 7) is 2.88. The molecule has 0 bridgehead atoms. The monoisotopic (exact) mass is 238 g/mol. The second-order valence-corrected chi connectivity index (χ2v) is 2.09. The maximum absolute atomic E-state index is 5.32. The number of halogens is 1. The van der Waals surface area contributed by atoms with Crippen LogP contribution in [0.4, 0.5) is 0 Å². The second-order valence-electron chi connectivity index (χ2n) is 2.09. The van der Waals surface area contributed by atoms with Crippen molar-refractivity contribution in [2.75, 3.05) is 6.61 Å². The van der Waals surface area contributed by atoms with Crippen molar-refractivity contribution in [3.63, 3.8) is 0 Å². The molecular weight excluding hydrogens is 228 g/mol. The minimum atomic E-state index is 0. The van der Waals surface area contributed by atoms with Crippen molar-refractivity contribution in [2.45, 2.75) is 13.3 Å². The first-order valence-corrected chi connectivity index (χ1v) is 3.52. The molecule has 0 atom stereocenters. The molecular formula is C9H11BrMgO. The zero-order chi connectivity index (χ0) is 7.23. The Bertz CT molecular complexity index is 179. The minimum Gasteiger partial charge on any atom is -1.00 e. The summed E-state index contributed by atoms with van der Waals surface area (Å²) in [4.78, 5) is 0. The fourth-order valence-corrected chi connectivity index (χ4v) is 0.687. The van der Waals surface area contributed by atoms with Gasteiger partial charge in [0.1, 0.15) is 0 Å². The fraction of sp³-hybridized carbons (Fsp3) is 0.333. The molecule has 1 nitrogen and oxygen atoms in total. The predicted molar refractivity (Wildman–Crippen MR) is 46.8 cm³/mol. The molecule has 0 saturated heterocycles. The van der Waals surface area contributed by atoms with Crippen LogP contribution in [0.5, 0.6) is 5.75 Å². The molecule has 0 saturated carbocycles. The third-order valence-electron chi connectivity index (χ3n) is 1.15. The average Bonchev–Trinajstić information content (AvgIpc) is 2.03. The first-order chi connectivity index (χ1) is 4.93. The first kappa shape index (κ1) is 14.8. The van der Waals surface area contributed by atoms with Crippen LogP contribution in [0.2, 0.25) is 0 Å². The largest absolute Gasteiger partial charge is 2.00 e. The smallest absolute Gasteiger partial charge is 1.00 e. The van der Waals surface area contributed by atoms with Crippen LogP contribution in [0.25, 0.3) is 0 Å². The minimum absolute atomic E-state index is 0. The van der Waals surface area contributed by atoms with Gasteiger partial charge >= 0.3 is 23.1 Å². The molecule has 0 radical (unpaired) electrons. The van der Waals surface area contributed by atoms with Crippen molar-refractivity contribution >= 4 is 23.1 Å². The van der Waals surface area contributed by atoms with Crippen LogP contribution in [0.15, 0.2) is 24.3 Å². The van der Waals surface area contributed by atoms with Crippen molar-refractivity contribution in [1.82, 2.24) is 0 Å². The van der Waals surface area contributed by atoms with Crippen LogP contribution in [0.1, 0.15) is 13.3 Å².